The van der Waals surface area contributed by atoms with Gasteiger partial charge >= 0.3 is 5.97 Å². The standard InChI is InChI=1S/C27H41N3O8/c1-4-5-8-29(9-6-11-31)24(34)15-30-14-21(19-12-20(16-32)26-23(13-19)37-17-38-26)25(27(35)36)22(30)7-10-28(3)18(2)33/h12-13,21-22,25,31-32H,4-11,14-17H2,1-3H3,(H,35,36)/t21-,22+,25-/m1/s1. The molecule has 38 heavy (non-hydrogen) atoms. The van der Waals surface area contributed by atoms with Gasteiger partial charge in [-0.25, -0.2) is 0 Å². The van der Waals surface area contributed by atoms with Gasteiger partial charge in [-0.1, -0.05) is 13.3 Å². The maximum Gasteiger partial charge on any atom is 0.308 e. The van der Waals surface area contributed by atoms with E-state index >= 15 is 0 Å². The van der Waals surface area contributed by atoms with E-state index < -0.39 is 23.8 Å². The van der Waals surface area contributed by atoms with Crippen molar-refractivity contribution in [3.05, 3.63) is 23.3 Å². The highest BCUT2D eigenvalue weighted by atomic mass is 16.7. The number of hydrogen-bond donors (Lipinski definition) is 3. The lowest BCUT2D eigenvalue weighted by atomic mass is 9.83. The van der Waals surface area contributed by atoms with Crippen molar-refractivity contribution in [1.29, 1.82) is 0 Å². The second-order valence-corrected chi connectivity index (χ2v) is 10.1. The largest absolute Gasteiger partial charge is 0.481 e. The third kappa shape index (κ3) is 6.95. The maximum absolute atomic E-state index is 13.4. The summed E-state index contributed by atoms with van der Waals surface area (Å²) < 4.78 is 11.0. The number of carboxylic acid groups (broad SMARTS) is 1. The Balaban J connectivity index is 1.92. The van der Waals surface area contributed by atoms with Crippen molar-refractivity contribution in [3.63, 3.8) is 0 Å². The van der Waals surface area contributed by atoms with E-state index in [0.717, 1.165) is 12.8 Å². The Labute approximate surface area is 223 Å². The zero-order valence-corrected chi connectivity index (χ0v) is 22.6. The normalized spacial score (nSPS) is 20.5. The molecule has 212 valence electrons. The summed E-state index contributed by atoms with van der Waals surface area (Å²) in [5.74, 6) is -1.58. The summed E-state index contributed by atoms with van der Waals surface area (Å²) in [6.45, 7) is 4.98. The molecule has 1 aromatic carbocycles. The SMILES string of the molecule is CCCCN(CCCO)C(=O)CN1C[C@H](c2cc(CO)c3c(c2)OCO3)[C@@H](C(=O)O)[C@@H]1CCN(C)C(C)=O. The van der Waals surface area contributed by atoms with E-state index in [-0.39, 0.29) is 38.4 Å². The van der Waals surface area contributed by atoms with Crippen LogP contribution in [-0.4, -0.2) is 107 Å². The van der Waals surface area contributed by atoms with Crippen LogP contribution in [0.4, 0.5) is 0 Å². The van der Waals surface area contributed by atoms with Crippen molar-refractivity contribution in [3.8, 4) is 11.5 Å². The number of ether oxygens (including phenoxy) is 2. The molecule has 1 aromatic rings. The molecule has 0 aromatic heterocycles. The van der Waals surface area contributed by atoms with Crippen molar-refractivity contribution in [2.45, 2.75) is 58.1 Å². The van der Waals surface area contributed by atoms with Crippen molar-refractivity contribution in [2.24, 2.45) is 5.92 Å². The minimum absolute atomic E-state index is 0.0138. The molecule has 1 saturated heterocycles. The monoisotopic (exact) mass is 535 g/mol. The molecular formula is C27H41N3O8. The number of hydrogen-bond acceptors (Lipinski definition) is 8. The summed E-state index contributed by atoms with van der Waals surface area (Å²) in [5, 5.41) is 29.6. The molecule has 3 rings (SSSR count). The molecule has 2 amide bonds. The van der Waals surface area contributed by atoms with E-state index in [0.29, 0.717) is 61.6 Å². The number of aliphatic hydroxyl groups excluding tert-OH is 2. The fourth-order valence-corrected chi connectivity index (χ4v) is 5.36. The molecule has 2 heterocycles. The maximum atomic E-state index is 13.4. The zero-order valence-electron chi connectivity index (χ0n) is 22.6. The van der Waals surface area contributed by atoms with Crippen LogP contribution in [-0.2, 0) is 21.0 Å². The average Bonchev–Trinajstić information content (AvgIpc) is 3.51. The van der Waals surface area contributed by atoms with Crippen LogP contribution in [0, 0.1) is 5.92 Å². The topological polar surface area (TPSA) is 140 Å². The highest BCUT2D eigenvalue weighted by Gasteiger charge is 2.47. The molecule has 0 spiro atoms. The molecule has 11 heteroatoms. The second kappa shape index (κ2) is 13.8. The third-order valence-corrected chi connectivity index (χ3v) is 7.56. The van der Waals surface area contributed by atoms with Crippen molar-refractivity contribution >= 4 is 17.8 Å². The van der Waals surface area contributed by atoms with Gasteiger partial charge in [0.05, 0.1) is 19.1 Å². The second-order valence-electron chi connectivity index (χ2n) is 10.1. The lowest BCUT2D eigenvalue weighted by Gasteiger charge is -2.30. The number of rotatable bonds is 14. The third-order valence-electron chi connectivity index (χ3n) is 7.56. The lowest BCUT2D eigenvalue weighted by Crippen LogP contribution is -2.45. The molecule has 2 aliphatic heterocycles. The molecule has 0 aliphatic carbocycles. The number of benzene rings is 1. The van der Waals surface area contributed by atoms with Gasteiger partial charge in [0, 0.05) is 64.3 Å². The van der Waals surface area contributed by atoms with Crippen LogP contribution in [0.2, 0.25) is 0 Å². The number of carboxylic acids is 1. The van der Waals surface area contributed by atoms with E-state index in [9.17, 15) is 29.7 Å². The van der Waals surface area contributed by atoms with E-state index in [4.69, 9.17) is 9.47 Å². The molecule has 0 saturated carbocycles. The minimum atomic E-state index is -0.980. The first-order valence-electron chi connectivity index (χ1n) is 13.3. The number of carbonyl (C=O) groups excluding carboxylic acids is 2. The first-order valence-corrected chi connectivity index (χ1v) is 13.3. The average molecular weight is 536 g/mol. The summed E-state index contributed by atoms with van der Waals surface area (Å²) >= 11 is 0. The van der Waals surface area contributed by atoms with E-state index in [1.165, 1.54) is 6.92 Å². The summed E-state index contributed by atoms with van der Waals surface area (Å²) in [6.07, 6.45) is 2.63. The van der Waals surface area contributed by atoms with E-state index in [2.05, 4.69) is 0 Å². The number of carbonyl (C=O) groups is 3. The molecule has 0 unspecified atom stereocenters. The number of aliphatic hydroxyl groups is 2. The summed E-state index contributed by atoms with van der Waals surface area (Å²) in [4.78, 5) is 43.1. The van der Waals surface area contributed by atoms with Crippen LogP contribution in [0.15, 0.2) is 12.1 Å². The van der Waals surface area contributed by atoms with Crippen LogP contribution in [0.25, 0.3) is 0 Å². The van der Waals surface area contributed by atoms with Crippen LogP contribution >= 0.6 is 0 Å². The first kappa shape index (κ1) is 29.7. The Morgan fingerprint density at radius 1 is 1.11 bits per heavy atom. The van der Waals surface area contributed by atoms with Crippen LogP contribution in [0.5, 0.6) is 11.5 Å². The fraction of sp³-hybridized carbons (Fsp3) is 0.667. The van der Waals surface area contributed by atoms with Gasteiger partial charge < -0.3 is 34.6 Å². The first-order chi connectivity index (χ1) is 18.2. The fourth-order valence-electron chi connectivity index (χ4n) is 5.36. The Morgan fingerprint density at radius 3 is 2.47 bits per heavy atom. The quantitative estimate of drug-likeness (QED) is 0.321. The Bertz CT molecular complexity index is 979. The van der Waals surface area contributed by atoms with Crippen LogP contribution < -0.4 is 9.47 Å². The molecule has 1 fully saturated rings. The summed E-state index contributed by atoms with van der Waals surface area (Å²) in [7, 11) is 1.67. The van der Waals surface area contributed by atoms with Gasteiger partial charge in [0.1, 0.15) is 0 Å². The molecule has 2 aliphatic rings. The Hall–Kier alpha value is -2.89. The number of unbranched alkanes of at least 4 members (excludes halogenated alkanes) is 1. The van der Waals surface area contributed by atoms with Crippen molar-refractivity contribution in [1.82, 2.24) is 14.7 Å². The van der Waals surface area contributed by atoms with Crippen molar-refractivity contribution in [2.75, 3.05) is 53.2 Å². The Morgan fingerprint density at radius 2 is 1.84 bits per heavy atom. The van der Waals surface area contributed by atoms with Gasteiger partial charge in [0.25, 0.3) is 0 Å². The van der Waals surface area contributed by atoms with Gasteiger partial charge in [-0.2, -0.15) is 0 Å². The Kier molecular flexibility index (Phi) is 10.7. The van der Waals surface area contributed by atoms with E-state index in [1.807, 2.05) is 11.8 Å². The number of amides is 2. The molecule has 3 atom stereocenters. The summed E-state index contributed by atoms with van der Waals surface area (Å²) in [5.41, 5.74) is 1.23. The highest BCUT2D eigenvalue weighted by Crippen LogP contribution is 2.44. The van der Waals surface area contributed by atoms with Gasteiger partial charge in [0.2, 0.25) is 18.6 Å². The summed E-state index contributed by atoms with van der Waals surface area (Å²) in [6, 6.07) is 3.03. The molecule has 3 N–H and O–H groups in total. The number of fused-ring (bicyclic) bond motifs is 1. The predicted octanol–water partition coefficient (Wildman–Crippen LogP) is 1.26. The molecule has 11 nitrogen and oxygen atoms in total. The van der Waals surface area contributed by atoms with Gasteiger partial charge in [0.15, 0.2) is 11.5 Å². The van der Waals surface area contributed by atoms with E-state index in [1.54, 1.807) is 29.0 Å². The molecule has 0 radical (unpaired) electrons. The van der Waals surface area contributed by atoms with Gasteiger partial charge in [-0.05, 0) is 37.0 Å². The smallest absolute Gasteiger partial charge is 0.308 e. The van der Waals surface area contributed by atoms with Gasteiger partial charge in [-0.3, -0.25) is 19.3 Å². The van der Waals surface area contributed by atoms with Crippen LogP contribution in [0.3, 0.4) is 0 Å². The molecule has 0 bridgehead atoms. The minimum Gasteiger partial charge on any atom is -0.481 e. The highest BCUT2D eigenvalue weighted by molar-refractivity contribution is 5.79. The van der Waals surface area contributed by atoms with Crippen molar-refractivity contribution < 1.29 is 39.2 Å². The molecular weight excluding hydrogens is 494 g/mol. The van der Waals surface area contributed by atoms with Crippen LogP contribution in [0.1, 0.15) is 56.6 Å². The number of nitrogens with zero attached hydrogens (tertiary/aromatic N) is 3. The predicted molar refractivity (Wildman–Crippen MR) is 139 cm³/mol. The number of likely N-dealkylation sites (tertiary alicyclic amines) is 1. The lowest BCUT2D eigenvalue weighted by molar-refractivity contribution is -0.144. The number of aliphatic carboxylic acids is 1. The zero-order chi connectivity index (χ0) is 27.8. The van der Waals surface area contributed by atoms with Gasteiger partial charge in [-0.15, -0.1) is 0 Å².